The summed E-state index contributed by atoms with van der Waals surface area (Å²) in [6.07, 6.45) is 3.00. The van der Waals surface area contributed by atoms with Gasteiger partial charge in [0.1, 0.15) is 0 Å². The monoisotopic (exact) mass is 311 g/mol. The summed E-state index contributed by atoms with van der Waals surface area (Å²) in [7, 11) is 0. The molecule has 7 nitrogen and oxygen atoms in total. The minimum Gasteiger partial charge on any atom is -0.329 e. The van der Waals surface area contributed by atoms with Gasteiger partial charge in [-0.3, -0.25) is 14.3 Å². The summed E-state index contributed by atoms with van der Waals surface area (Å²) in [5.41, 5.74) is 1.57. The molecule has 1 aromatic carbocycles. The molecule has 0 N–H and O–H groups in total. The number of fused-ring (bicyclic) bond motifs is 2. The van der Waals surface area contributed by atoms with Crippen molar-refractivity contribution in [3.63, 3.8) is 0 Å². The first-order valence-electron chi connectivity index (χ1n) is 7.35. The van der Waals surface area contributed by atoms with Gasteiger partial charge in [-0.2, -0.15) is 5.10 Å². The highest BCUT2D eigenvalue weighted by atomic mass is 16.7. The van der Waals surface area contributed by atoms with Crippen LogP contribution in [-0.2, 0) is 22.6 Å². The smallest absolute Gasteiger partial charge is 0.329 e. The molecule has 2 aliphatic heterocycles. The third kappa shape index (κ3) is 2.12. The van der Waals surface area contributed by atoms with Crippen LogP contribution in [0.25, 0.3) is 0 Å². The molecule has 23 heavy (non-hydrogen) atoms. The number of hydroxylamine groups is 2. The van der Waals surface area contributed by atoms with Gasteiger partial charge in [0.2, 0.25) is 0 Å². The summed E-state index contributed by atoms with van der Waals surface area (Å²) >= 11 is 0. The second-order valence-corrected chi connectivity index (χ2v) is 5.60. The topological polar surface area (TPSA) is 81.5 Å². The van der Waals surface area contributed by atoms with E-state index in [1.807, 2.05) is 6.07 Å². The van der Waals surface area contributed by atoms with Gasteiger partial charge in [-0.25, -0.2) is 4.79 Å². The molecule has 0 saturated carbocycles. The van der Waals surface area contributed by atoms with Crippen LogP contribution in [0.1, 0.15) is 32.8 Å². The zero-order valence-electron chi connectivity index (χ0n) is 12.1. The lowest BCUT2D eigenvalue weighted by molar-refractivity contribution is -0.175. The maximum atomic E-state index is 12.3. The van der Waals surface area contributed by atoms with Crippen molar-refractivity contribution in [1.82, 2.24) is 14.8 Å². The van der Waals surface area contributed by atoms with Crippen LogP contribution in [0.4, 0.5) is 0 Å². The minimum absolute atomic E-state index is 0.253. The Morgan fingerprint density at radius 2 is 1.83 bits per heavy atom. The summed E-state index contributed by atoms with van der Waals surface area (Å²) in [6, 6.07) is 8.32. The van der Waals surface area contributed by atoms with E-state index in [2.05, 4.69) is 5.10 Å². The average Bonchev–Trinajstić information content (AvgIpc) is 3.13. The van der Waals surface area contributed by atoms with E-state index in [1.165, 1.54) is 0 Å². The number of aromatic nitrogens is 2. The van der Waals surface area contributed by atoms with E-state index < -0.39 is 23.7 Å². The molecule has 0 radical (unpaired) electrons. The van der Waals surface area contributed by atoms with Crippen LogP contribution in [0.15, 0.2) is 36.5 Å². The highest BCUT2D eigenvalue weighted by molar-refractivity contribution is 6.20. The van der Waals surface area contributed by atoms with Crippen molar-refractivity contribution in [2.75, 3.05) is 0 Å². The number of carbonyl (C=O) groups is 3. The van der Waals surface area contributed by atoms with Gasteiger partial charge in [0.05, 0.1) is 23.6 Å². The van der Waals surface area contributed by atoms with Crippen molar-refractivity contribution in [2.45, 2.75) is 19.4 Å². The molecule has 2 amide bonds. The lowest BCUT2D eigenvalue weighted by atomic mass is 9.99. The van der Waals surface area contributed by atoms with Gasteiger partial charge in [-0.1, -0.05) is 17.2 Å². The van der Waals surface area contributed by atoms with Crippen LogP contribution in [0, 0.1) is 5.92 Å². The lowest BCUT2D eigenvalue weighted by Gasteiger charge is -2.23. The fourth-order valence-electron chi connectivity index (χ4n) is 2.97. The highest BCUT2D eigenvalue weighted by Gasteiger charge is 2.40. The van der Waals surface area contributed by atoms with E-state index in [0.29, 0.717) is 24.4 Å². The molecule has 4 rings (SSSR count). The Balaban J connectivity index is 1.50. The zero-order chi connectivity index (χ0) is 16.0. The molecule has 1 atom stereocenters. The summed E-state index contributed by atoms with van der Waals surface area (Å²) in [5.74, 6) is -2.21. The summed E-state index contributed by atoms with van der Waals surface area (Å²) in [4.78, 5) is 41.8. The molecule has 1 unspecified atom stereocenters. The van der Waals surface area contributed by atoms with Crippen LogP contribution in [0.5, 0.6) is 0 Å². The highest BCUT2D eigenvalue weighted by Crippen LogP contribution is 2.25. The van der Waals surface area contributed by atoms with Gasteiger partial charge < -0.3 is 4.84 Å². The molecule has 0 spiro atoms. The van der Waals surface area contributed by atoms with Crippen molar-refractivity contribution in [2.24, 2.45) is 5.92 Å². The van der Waals surface area contributed by atoms with Crippen LogP contribution < -0.4 is 0 Å². The molecule has 0 saturated heterocycles. The van der Waals surface area contributed by atoms with Gasteiger partial charge >= 0.3 is 5.97 Å². The SMILES string of the molecule is O=C(ON1C(=O)c2ccccc2C1=O)C1CCc2ccnn2C1. The Morgan fingerprint density at radius 1 is 1.13 bits per heavy atom. The number of hydrogen-bond acceptors (Lipinski definition) is 5. The number of rotatable bonds is 2. The molecule has 0 bridgehead atoms. The van der Waals surface area contributed by atoms with E-state index in [-0.39, 0.29) is 11.1 Å². The van der Waals surface area contributed by atoms with Gasteiger partial charge in [-0.05, 0) is 31.0 Å². The average molecular weight is 311 g/mol. The van der Waals surface area contributed by atoms with Crippen molar-refractivity contribution >= 4 is 17.8 Å². The normalized spacial score (nSPS) is 19.5. The second-order valence-electron chi connectivity index (χ2n) is 5.60. The molecule has 0 aliphatic carbocycles. The maximum Gasteiger partial charge on any atom is 0.338 e. The maximum absolute atomic E-state index is 12.3. The Bertz CT molecular complexity index is 791. The predicted molar refractivity (Wildman–Crippen MR) is 77.1 cm³/mol. The molecular weight excluding hydrogens is 298 g/mol. The number of hydrogen-bond donors (Lipinski definition) is 0. The summed E-state index contributed by atoms with van der Waals surface area (Å²) < 4.78 is 1.75. The lowest BCUT2D eigenvalue weighted by Crippen LogP contribution is -2.37. The third-order valence-corrected chi connectivity index (χ3v) is 4.22. The van der Waals surface area contributed by atoms with E-state index in [1.54, 1.807) is 35.1 Å². The number of nitrogens with zero attached hydrogens (tertiary/aromatic N) is 3. The molecule has 3 heterocycles. The minimum atomic E-state index is -0.602. The van der Waals surface area contributed by atoms with Crippen molar-refractivity contribution < 1.29 is 19.2 Å². The van der Waals surface area contributed by atoms with E-state index in [0.717, 1.165) is 5.69 Å². The molecule has 7 heteroatoms. The number of imide groups is 1. The van der Waals surface area contributed by atoms with E-state index in [4.69, 9.17) is 4.84 Å². The van der Waals surface area contributed by atoms with Gasteiger partial charge in [0.15, 0.2) is 0 Å². The van der Waals surface area contributed by atoms with E-state index >= 15 is 0 Å². The number of amides is 2. The predicted octanol–water partition coefficient (Wildman–Crippen LogP) is 1.20. The quantitative estimate of drug-likeness (QED) is 0.778. The van der Waals surface area contributed by atoms with Crippen molar-refractivity contribution in [1.29, 1.82) is 0 Å². The van der Waals surface area contributed by atoms with Crippen molar-refractivity contribution in [3.05, 3.63) is 53.3 Å². The van der Waals surface area contributed by atoms with Gasteiger partial charge in [-0.15, -0.1) is 0 Å². The first-order chi connectivity index (χ1) is 11.1. The molecule has 116 valence electrons. The Kier molecular flexibility index (Phi) is 3.00. The Labute approximate surface area is 131 Å². The third-order valence-electron chi connectivity index (χ3n) is 4.22. The number of carbonyl (C=O) groups excluding carboxylic acids is 3. The first kappa shape index (κ1) is 13.7. The van der Waals surface area contributed by atoms with Crippen LogP contribution >= 0.6 is 0 Å². The molecule has 2 aliphatic rings. The van der Waals surface area contributed by atoms with E-state index in [9.17, 15) is 14.4 Å². The van der Waals surface area contributed by atoms with Gasteiger partial charge in [0, 0.05) is 11.9 Å². The first-order valence-corrected chi connectivity index (χ1v) is 7.35. The molecule has 0 fully saturated rings. The second kappa shape index (κ2) is 5.05. The van der Waals surface area contributed by atoms with Crippen LogP contribution in [-0.4, -0.2) is 32.6 Å². The number of benzene rings is 1. The van der Waals surface area contributed by atoms with Crippen LogP contribution in [0.2, 0.25) is 0 Å². The standard InChI is InChI=1S/C16H13N3O4/c20-14-12-3-1-2-4-13(12)15(21)19(14)23-16(22)10-5-6-11-7-8-17-18(11)9-10/h1-4,7-8,10H,5-6,9H2. The fraction of sp³-hybridized carbons (Fsp3) is 0.250. The van der Waals surface area contributed by atoms with Gasteiger partial charge in [0.25, 0.3) is 11.8 Å². The van der Waals surface area contributed by atoms with Crippen LogP contribution in [0.3, 0.4) is 0 Å². The Hall–Kier alpha value is -2.96. The Morgan fingerprint density at radius 3 is 2.52 bits per heavy atom. The largest absolute Gasteiger partial charge is 0.338 e. The molecular formula is C16H13N3O4. The molecule has 1 aromatic heterocycles. The molecule has 2 aromatic rings. The summed E-state index contributed by atoms with van der Waals surface area (Å²) in [6.45, 7) is 0.393. The van der Waals surface area contributed by atoms with Crippen molar-refractivity contribution in [3.8, 4) is 0 Å². The zero-order valence-corrected chi connectivity index (χ0v) is 12.1. The summed E-state index contributed by atoms with van der Waals surface area (Å²) in [5, 5.41) is 4.71. The number of aryl methyl sites for hydroxylation is 1. The fourth-order valence-corrected chi connectivity index (χ4v) is 2.97.